The maximum Gasteiger partial charge on any atom is 0.235 e. The Morgan fingerprint density at radius 3 is 2.11 bits per heavy atom. The number of aliphatic hydroxyl groups is 1. The van der Waals surface area contributed by atoms with Crippen molar-refractivity contribution in [3.8, 4) is 16.9 Å². The van der Waals surface area contributed by atoms with E-state index in [2.05, 4.69) is 5.32 Å². The van der Waals surface area contributed by atoms with Crippen LogP contribution in [0.2, 0.25) is 0 Å². The smallest absolute Gasteiger partial charge is 0.235 e. The first-order chi connectivity index (χ1) is 20.7. The van der Waals surface area contributed by atoms with E-state index in [0.29, 0.717) is 22.4 Å². The van der Waals surface area contributed by atoms with E-state index in [1.807, 2.05) is 0 Å². The van der Waals surface area contributed by atoms with Crippen molar-refractivity contribution >= 4 is 40.6 Å². The lowest BCUT2D eigenvalue weighted by molar-refractivity contribution is -0.203. The van der Waals surface area contributed by atoms with E-state index in [1.54, 1.807) is 72.1 Å². The highest BCUT2D eigenvalue weighted by Crippen LogP contribution is 2.62. The Morgan fingerprint density at radius 2 is 1.58 bits per heavy atom. The fourth-order valence-electron chi connectivity index (χ4n) is 8.04. The number of nitrogens with one attached hydrogen (secondary N) is 1. The van der Waals surface area contributed by atoms with Crippen molar-refractivity contribution < 1.29 is 39.0 Å². The van der Waals surface area contributed by atoms with E-state index in [0.717, 1.165) is 0 Å². The van der Waals surface area contributed by atoms with Crippen LogP contribution in [0.5, 0.6) is 5.75 Å². The molecule has 11 nitrogen and oxygen atoms in total. The standard InChI is InChI=1S/C34H39N3O8/c1-31(2,3)30(44)36-17-10-8-16(9-11-17)18-12-13-20(38)21-19(18)14-32(4)15-33(5)26(37(6)7)25(40)22(29(35)43)27(41)34(33,45)28(42)23(32)24(21)39/h8-13,22-23,26,38,45H,14-15H2,1-7H3,(H2,35,43)(H,36,44)/t22?,23?,26-,32+,33+,34-/m1/s1. The number of nitrogens with zero attached hydrogens (tertiary/aromatic N) is 1. The number of nitrogens with two attached hydrogens (primary N) is 1. The number of hydrogen-bond donors (Lipinski definition) is 4. The molecular weight excluding hydrogens is 578 g/mol. The van der Waals surface area contributed by atoms with Gasteiger partial charge in [0, 0.05) is 16.5 Å². The number of phenols is 1. The molecule has 3 aliphatic carbocycles. The van der Waals surface area contributed by atoms with Crippen LogP contribution in [-0.4, -0.2) is 75.8 Å². The van der Waals surface area contributed by atoms with Crippen LogP contribution < -0.4 is 11.1 Å². The van der Waals surface area contributed by atoms with Crippen LogP contribution in [0.15, 0.2) is 36.4 Å². The summed E-state index contributed by atoms with van der Waals surface area (Å²) in [7, 11) is 3.10. The zero-order valence-corrected chi connectivity index (χ0v) is 26.5. The maximum atomic E-state index is 14.4. The van der Waals surface area contributed by atoms with Gasteiger partial charge in [0.25, 0.3) is 0 Å². The fraction of sp³-hybridized carbons (Fsp3) is 0.471. The van der Waals surface area contributed by atoms with E-state index in [1.165, 1.54) is 17.9 Å². The Hall–Kier alpha value is -4.22. The van der Waals surface area contributed by atoms with Gasteiger partial charge >= 0.3 is 0 Å². The van der Waals surface area contributed by atoms with Crippen molar-refractivity contribution in [2.75, 3.05) is 19.4 Å². The second kappa shape index (κ2) is 10.1. The molecular formula is C34H39N3O8. The zero-order valence-electron chi connectivity index (χ0n) is 26.5. The molecule has 0 bridgehead atoms. The molecule has 0 saturated heterocycles. The second-order valence-corrected chi connectivity index (χ2v) is 14.5. The van der Waals surface area contributed by atoms with Crippen LogP contribution in [0.1, 0.15) is 57.0 Å². The van der Waals surface area contributed by atoms with Gasteiger partial charge in [0.15, 0.2) is 34.7 Å². The lowest BCUT2D eigenvalue weighted by atomic mass is 9.42. The molecule has 2 unspecified atom stereocenters. The Kier molecular flexibility index (Phi) is 7.26. The number of ketones is 4. The van der Waals surface area contributed by atoms with Crippen LogP contribution in [0.25, 0.3) is 11.1 Å². The van der Waals surface area contributed by atoms with Crippen molar-refractivity contribution in [3.63, 3.8) is 0 Å². The summed E-state index contributed by atoms with van der Waals surface area (Å²) in [4.78, 5) is 82.1. The summed E-state index contributed by atoms with van der Waals surface area (Å²) in [6.45, 7) is 8.59. The van der Waals surface area contributed by atoms with Crippen molar-refractivity contribution in [2.24, 2.45) is 33.8 Å². The molecule has 6 atom stereocenters. The van der Waals surface area contributed by atoms with Gasteiger partial charge in [-0.1, -0.05) is 52.8 Å². The molecule has 238 valence electrons. The van der Waals surface area contributed by atoms with Gasteiger partial charge in [-0.15, -0.1) is 0 Å². The molecule has 2 amide bonds. The number of carbonyl (C=O) groups is 6. The second-order valence-electron chi connectivity index (χ2n) is 14.5. The summed E-state index contributed by atoms with van der Waals surface area (Å²) in [5, 5.41) is 25.9. The topological polar surface area (TPSA) is 184 Å². The molecule has 45 heavy (non-hydrogen) atoms. The first-order valence-electron chi connectivity index (χ1n) is 14.8. The maximum absolute atomic E-state index is 14.4. The number of Topliss-reactive ketones (excluding diaryl/α,β-unsaturated/α-hetero) is 4. The average Bonchev–Trinajstić information content (AvgIpc) is 2.90. The summed E-state index contributed by atoms with van der Waals surface area (Å²) in [6, 6.07) is 8.80. The van der Waals surface area contributed by atoms with Crippen LogP contribution in [0.4, 0.5) is 5.69 Å². The lowest BCUT2D eigenvalue weighted by Gasteiger charge is -2.61. The first-order valence-corrected chi connectivity index (χ1v) is 14.8. The number of amides is 2. The molecule has 0 spiro atoms. The van der Waals surface area contributed by atoms with Crippen molar-refractivity contribution in [1.29, 1.82) is 0 Å². The number of anilines is 1. The molecule has 5 rings (SSSR count). The van der Waals surface area contributed by atoms with Gasteiger partial charge in [0.1, 0.15) is 5.75 Å². The molecule has 3 aliphatic rings. The third kappa shape index (κ3) is 4.46. The molecule has 5 N–H and O–H groups in total. The summed E-state index contributed by atoms with van der Waals surface area (Å²) >= 11 is 0. The summed E-state index contributed by atoms with van der Waals surface area (Å²) in [5.41, 5.74) is 1.38. The first kappa shape index (κ1) is 32.2. The number of rotatable bonds is 4. The quantitative estimate of drug-likeness (QED) is 0.374. The number of likely N-dealkylation sites (N-methyl/N-ethyl adjacent to an activating group) is 1. The highest BCUT2D eigenvalue weighted by Gasteiger charge is 2.76. The molecule has 0 heterocycles. The highest BCUT2D eigenvalue weighted by atomic mass is 16.3. The molecule has 0 aromatic heterocycles. The monoisotopic (exact) mass is 617 g/mol. The Balaban J connectivity index is 1.64. The van der Waals surface area contributed by atoms with Crippen LogP contribution in [0, 0.1) is 28.1 Å². The van der Waals surface area contributed by atoms with E-state index in [9.17, 15) is 39.0 Å². The average molecular weight is 618 g/mol. The zero-order chi connectivity index (χ0) is 33.6. The van der Waals surface area contributed by atoms with Crippen LogP contribution >= 0.6 is 0 Å². The highest BCUT2D eigenvalue weighted by molar-refractivity contribution is 6.33. The minimum Gasteiger partial charge on any atom is -0.507 e. The van der Waals surface area contributed by atoms with Crippen LogP contribution in [-0.2, 0) is 30.4 Å². The van der Waals surface area contributed by atoms with Gasteiger partial charge < -0.3 is 21.3 Å². The molecule has 0 aliphatic heterocycles. The SMILES string of the molecule is CN(C)[C@@H]1C(=O)C(C(N)=O)C(=O)[C@@]2(O)C(=O)C3C(=O)c4c(O)ccc(-c5ccc(NC(=O)C(C)(C)C)cc5)c4C[C@@]3(C)C[C@@]12C. The molecule has 2 aromatic rings. The summed E-state index contributed by atoms with van der Waals surface area (Å²) in [5.74, 6) is -9.35. The van der Waals surface area contributed by atoms with Gasteiger partial charge in [-0.3, -0.25) is 33.7 Å². The number of primary amides is 1. The Morgan fingerprint density at radius 1 is 0.978 bits per heavy atom. The number of benzene rings is 2. The third-order valence-corrected chi connectivity index (χ3v) is 10.0. The molecule has 11 heteroatoms. The minimum absolute atomic E-state index is 0.0874. The van der Waals surface area contributed by atoms with Gasteiger partial charge in [-0.05, 0) is 67.2 Å². The molecule has 2 fully saturated rings. The molecule has 2 saturated carbocycles. The van der Waals surface area contributed by atoms with Gasteiger partial charge in [-0.2, -0.15) is 0 Å². The van der Waals surface area contributed by atoms with E-state index in [4.69, 9.17) is 5.73 Å². The van der Waals surface area contributed by atoms with E-state index in [-0.39, 0.29) is 30.1 Å². The van der Waals surface area contributed by atoms with Crippen molar-refractivity contribution in [1.82, 2.24) is 4.90 Å². The van der Waals surface area contributed by atoms with E-state index >= 15 is 0 Å². The van der Waals surface area contributed by atoms with Gasteiger partial charge in [-0.25, -0.2) is 0 Å². The predicted octanol–water partition coefficient (Wildman–Crippen LogP) is 2.30. The number of aromatic hydroxyl groups is 1. The number of phenolic OH excluding ortho intramolecular Hbond substituents is 1. The van der Waals surface area contributed by atoms with Gasteiger partial charge in [0.05, 0.1) is 17.5 Å². The van der Waals surface area contributed by atoms with Gasteiger partial charge in [0.2, 0.25) is 11.8 Å². The molecule has 0 radical (unpaired) electrons. The normalized spacial score (nSPS) is 31.3. The Bertz CT molecular complexity index is 1690. The minimum atomic E-state index is -2.85. The largest absolute Gasteiger partial charge is 0.507 e. The summed E-state index contributed by atoms with van der Waals surface area (Å²) in [6.07, 6.45) is 0.000929. The van der Waals surface area contributed by atoms with E-state index < -0.39 is 68.8 Å². The van der Waals surface area contributed by atoms with Crippen LogP contribution in [0.3, 0.4) is 0 Å². The number of carbonyl (C=O) groups excluding carboxylic acids is 6. The third-order valence-electron chi connectivity index (χ3n) is 10.0. The number of fused-ring (bicyclic) bond motifs is 3. The molecule has 2 aromatic carbocycles. The lowest BCUT2D eigenvalue weighted by Crippen LogP contribution is -2.79. The fourth-order valence-corrected chi connectivity index (χ4v) is 8.04. The van der Waals surface area contributed by atoms with Crippen molar-refractivity contribution in [3.05, 3.63) is 47.5 Å². The number of hydrogen-bond acceptors (Lipinski definition) is 9. The van der Waals surface area contributed by atoms with Crippen molar-refractivity contribution in [2.45, 2.75) is 59.1 Å². The Labute approximate surface area is 261 Å². The predicted molar refractivity (Wildman–Crippen MR) is 164 cm³/mol. The summed E-state index contributed by atoms with van der Waals surface area (Å²) < 4.78 is 0.